The summed E-state index contributed by atoms with van der Waals surface area (Å²) in [4.78, 5) is 83.4. The summed E-state index contributed by atoms with van der Waals surface area (Å²) in [5.41, 5.74) is 12.3. The number of carbonyl (C=O) groups excluding carboxylic acids is 6. The molecule has 2 aliphatic heterocycles. The zero-order valence-electron chi connectivity index (χ0n) is 32.3. The highest BCUT2D eigenvalue weighted by Gasteiger charge is 2.39. The Morgan fingerprint density at radius 1 is 1.00 bits per heavy atom. The van der Waals surface area contributed by atoms with Crippen LogP contribution in [0.5, 0.6) is 0 Å². The molecule has 2 heterocycles. The van der Waals surface area contributed by atoms with E-state index in [9.17, 15) is 28.8 Å². The first-order valence-corrected chi connectivity index (χ1v) is 20.5. The lowest BCUT2D eigenvalue weighted by Crippen LogP contribution is -2.61. The van der Waals surface area contributed by atoms with Crippen LogP contribution in [0.2, 0.25) is 0 Å². The molecule has 4 rings (SSSR count). The molecule has 10 N–H and O–H groups in total. The van der Waals surface area contributed by atoms with Crippen LogP contribution >= 0.6 is 11.8 Å². The molecule has 1 saturated carbocycles. The average Bonchev–Trinajstić information content (AvgIpc) is 3.63. The number of thioether (sulfide) groups is 1. The Labute approximate surface area is 328 Å². The number of benzene rings is 1. The molecule has 302 valence electrons. The van der Waals surface area contributed by atoms with E-state index < -0.39 is 59.3 Å². The molecule has 0 aromatic heterocycles. The van der Waals surface area contributed by atoms with E-state index in [2.05, 4.69) is 26.6 Å². The maximum atomic E-state index is 14.3. The van der Waals surface area contributed by atoms with Gasteiger partial charge in [-0.3, -0.25) is 34.2 Å². The molecule has 1 aromatic carbocycles. The summed E-state index contributed by atoms with van der Waals surface area (Å²) < 4.78 is 0. The maximum absolute atomic E-state index is 14.3. The second-order valence-corrected chi connectivity index (χ2v) is 16.8. The van der Waals surface area contributed by atoms with Gasteiger partial charge in [-0.05, 0) is 61.0 Å². The van der Waals surface area contributed by atoms with Gasteiger partial charge in [0.1, 0.15) is 30.2 Å². The summed E-state index contributed by atoms with van der Waals surface area (Å²) in [5, 5.41) is 21.6. The molecule has 16 heteroatoms. The minimum atomic E-state index is -1.12. The second kappa shape index (κ2) is 20.4. The molecule has 5 atom stereocenters. The molecule has 2 fully saturated rings. The highest BCUT2D eigenvalue weighted by atomic mass is 32.2. The van der Waals surface area contributed by atoms with Gasteiger partial charge in [0.25, 0.3) is 0 Å². The molecule has 3 aliphatic rings. The fraction of sp³-hybridized carbons (Fsp3) is 0.615. The van der Waals surface area contributed by atoms with Crippen LogP contribution in [-0.2, 0) is 34.5 Å². The van der Waals surface area contributed by atoms with Crippen molar-refractivity contribution in [2.45, 2.75) is 121 Å². The van der Waals surface area contributed by atoms with Crippen molar-refractivity contribution in [2.24, 2.45) is 22.8 Å². The molecule has 15 nitrogen and oxygen atoms in total. The van der Waals surface area contributed by atoms with E-state index in [0.29, 0.717) is 31.6 Å². The van der Waals surface area contributed by atoms with Gasteiger partial charge in [-0.1, -0.05) is 76.5 Å². The predicted molar refractivity (Wildman–Crippen MR) is 213 cm³/mol. The molecule has 1 aliphatic carbocycles. The van der Waals surface area contributed by atoms with E-state index in [1.807, 2.05) is 30.3 Å². The number of hydrogen-bond acceptors (Lipinski definition) is 8. The van der Waals surface area contributed by atoms with E-state index in [4.69, 9.17) is 16.9 Å². The first-order chi connectivity index (χ1) is 26.1. The number of fused-ring (bicyclic) bond motifs is 3. The zero-order chi connectivity index (χ0) is 40.1. The van der Waals surface area contributed by atoms with Crippen LogP contribution in [0.4, 0.5) is 0 Å². The van der Waals surface area contributed by atoms with Crippen LogP contribution in [-0.4, -0.2) is 95.4 Å². The highest BCUT2D eigenvalue weighted by molar-refractivity contribution is 7.98. The Kier molecular flexibility index (Phi) is 16.0. The lowest BCUT2D eigenvalue weighted by Gasteiger charge is -2.33. The number of nitrogens with two attached hydrogens (primary N) is 2. The largest absolute Gasteiger partial charge is 0.370 e. The average molecular weight is 782 g/mol. The van der Waals surface area contributed by atoms with Gasteiger partial charge >= 0.3 is 0 Å². The van der Waals surface area contributed by atoms with E-state index in [-0.39, 0.29) is 48.8 Å². The van der Waals surface area contributed by atoms with Crippen molar-refractivity contribution in [1.82, 2.24) is 31.5 Å². The summed E-state index contributed by atoms with van der Waals surface area (Å²) in [7, 11) is 0. The van der Waals surface area contributed by atoms with Crippen molar-refractivity contribution < 1.29 is 28.8 Å². The fourth-order valence-corrected chi connectivity index (χ4v) is 8.42. The van der Waals surface area contributed by atoms with Crippen molar-refractivity contribution >= 4 is 59.2 Å². The first-order valence-electron chi connectivity index (χ1n) is 19.4. The second-order valence-electron chi connectivity index (χ2n) is 15.8. The van der Waals surface area contributed by atoms with Crippen LogP contribution in [0.1, 0.15) is 96.1 Å². The summed E-state index contributed by atoms with van der Waals surface area (Å²) in [5.74, 6) is -2.75. The number of nitrogens with zero attached hydrogens (tertiary/aromatic N) is 1. The standard InChI is InChI=1S/C39H59N9O6S/c1-39(2,3)32(33(40)50)47-34(51)27(16-9-19-43-38(41)42)44-35(52)28-23-55-22-25-13-7-11-24(21-25)12-8-18-30(49)48-20-10-17-29(48)36(53)46-31(37(54)45-28)26-14-5-4-6-15-26/h7-8,11-13,21,26-29,31-32H,4-6,9-10,14-20,22-23H2,1-3H3,(H2,40,50)(H,44,52)(H,45,54)(H,46,53)(H,47,51)(H4,41,42,43)/b12-8+/t27-,28-,29-,31?,32+/m0/s1. The van der Waals surface area contributed by atoms with Crippen LogP contribution in [0.15, 0.2) is 30.3 Å². The van der Waals surface area contributed by atoms with Crippen LogP contribution in [0.25, 0.3) is 6.08 Å². The van der Waals surface area contributed by atoms with Gasteiger partial charge in [0.05, 0.1) is 0 Å². The summed E-state index contributed by atoms with van der Waals surface area (Å²) >= 11 is 1.43. The molecule has 1 aromatic rings. The van der Waals surface area contributed by atoms with Crippen molar-refractivity contribution in [2.75, 3.05) is 18.8 Å². The van der Waals surface area contributed by atoms with Crippen LogP contribution < -0.4 is 38.1 Å². The lowest BCUT2D eigenvalue weighted by molar-refractivity contribution is -0.140. The fourth-order valence-electron chi connectivity index (χ4n) is 7.42. The third-order valence-electron chi connectivity index (χ3n) is 10.4. The smallest absolute Gasteiger partial charge is 0.244 e. The summed E-state index contributed by atoms with van der Waals surface area (Å²) in [6, 6.07) is 2.92. The molecule has 6 amide bonds. The molecular formula is C39H59N9O6S. The van der Waals surface area contributed by atoms with Gasteiger partial charge in [0.2, 0.25) is 35.4 Å². The highest BCUT2D eigenvalue weighted by Crippen LogP contribution is 2.28. The van der Waals surface area contributed by atoms with Gasteiger partial charge in [-0.25, -0.2) is 0 Å². The van der Waals surface area contributed by atoms with Crippen molar-refractivity contribution in [1.29, 1.82) is 5.41 Å². The molecule has 1 unspecified atom stereocenters. The minimum absolute atomic E-state index is 0.124. The normalized spacial score (nSPS) is 23.4. The number of guanidine groups is 1. The molecule has 0 spiro atoms. The lowest BCUT2D eigenvalue weighted by atomic mass is 9.83. The van der Waals surface area contributed by atoms with Gasteiger partial charge in [-0.2, -0.15) is 11.8 Å². The number of nitrogens with one attached hydrogen (secondary N) is 6. The number of hydrogen-bond donors (Lipinski definition) is 8. The number of amides is 6. The predicted octanol–water partition coefficient (Wildman–Crippen LogP) is 1.64. The maximum Gasteiger partial charge on any atom is 0.244 e. The monoisotopic (exact) mass is 781 g/mol. The third kappa shape index (κ3) is 13.0. The van der Waals surface area contributed by atoms with Crippen molar-refractivity contribution in [3.05, 3.63) is 41.5 Å². The Morgan fingerprint density at radius 3 is 2.44 bits per heavy atom. The molecule has 1 saturated heterocycles. The van der Waals surface area contributed by atoms with E-state index in [1.54, 1.807) is 31.7 Å². The Bertz CT molecular complexity index is 1590. The summed E-state index contributed by atoms with van der Waals surface area (Å²) in [6.45, 7) is 5.99. The van der Waals surface area contributed by atoms with Gasteiger partial charge in [-0.15, -0.1) is 0 Å². The number of rotatable bonds is 10. The molecule has 55 heavy (non-hydrogen) atoms. The van der Waals surface area contributed by atoms with E-state index in [1.165, 1.54) is 11.8 Å². The number of carbonyl (C=O) groups is 6. The molecular weight excluding hydrogens is 723 g/mol. The van der Waals surface area contributed by atoms with Gasteiger partial charge in [0, 0.05) is 31.0 Å². The van der Waals surface area contributed by atoms with E-state index >= 15 is 0 Å². The third-order valence-corrected chi connectivity index (χ3v) is 11.5. The first kappa shape index (κ1) is 43.1. The van der Waals surface area contributed by atoms with Crippen LogP contribution in [0, 0.1) is 16.7 Å². The zero-order valence-corrected chi connectivity index (χ0v) is 33.1. The molecule has 2 bridgehead atoms. The number of primary amides is 1. The summed E-state index contributed by atoms with van der Waals surface area (Å²) in [6.07, 6.45) is 9.74. The Hall–Kier alpha value is -4.60. The van der Waals surface area contributed by atoms with Crippen molar-refractivity contribution in [3.63, 3.8) is 0 Å². The van der Waals surface area contributed by atoms with Crippen LogP contribution in [0.3, 0.4) is 0 Å². The molecule has 0 radical (unpaired) electrons. The quantitative estimate of drug-likeness (QED) is 0.0977. The van der Waals surface area contributed by atoms with Gasteiger partial charge in [0.15, 0.2) is 5.96 Å². The SMILES string of the molecule is CC(C)(C)[C@H](NC(=O)[C@H](CCCNC(=N)N)NC(=O)[C@@H]1CSCc2cccc(c2)/C=C/CC(=O)N2CCC[C@H]2C(=O)NC(C2CCCCC2)C(=O)N1)C(N)=O. The van der Waals surface area contributed by atoms with Gasteiger partial charge < -0.3 is 43.0 Å². The minimum Gasteiger partial charge on any atom is -0.370 e. The Morgan fingerprint density at radius 2 is 1.75 bits per heavy atom. The van der Waals surface area contributed by atoms with E-state index in [0.717, 1.165) is 43.2 Å². The topological polar surface area (TPSA) is 242 Å². The Balaban J connectivity index is 1.64. The van der Waals surface area contributed by atoms with Crippen molar-refractivity contribution in [3.8, 4) is 0 Å².